The van der Waals surface area contributed by atoms with E-state index < -0.39 is 0 Å². The summed E-state index contributed by atoms with van der Waals surface area (Å²) in [6.45, 7) is 6.80. The fraction of sp³-hybridized carbons (Fsp3) is 0.400. The summed E-state index contributed by atoms with van der Waals surface area (Å²) in [6.07, 6.45) is 2.19. The van der Waals surface area contributed by atoms with Gasteiger partial charge < -0.3 is 14.7 Å². The van der Waals surface area contributed by atoms with Gasteiger partial charge in [0.05, 0.1) is 13.2 Å². The maximum absolute atomic E-state index is 9.85. The van der Waals surface area contributed by atoms with Crippen LogP contribution >= 0.6 is 11.3 Å². The summed E-state index contributed by atoms with van der Waals surface area (Å²) in [4.78, 5) is 7.46. The first-order valence-electron chi connectivity index (χ1n) is 8.75. The van der Waals surface area contributed by atoms with Crippen LogP contribution in [0, 0.1) is 0 Å². The summed E-state index contributed by atoms with van der Waals surface area (Å²) in [7, 11) is 2.10. The van der Waals surface area contributed by atoms with Gasteiger partial charge in [-0.05, 0) is 36.2 Å². The van der Waals surface area contributed by atoms with Crippen molar-refractivity contribution in [3.63, 3.8) is 0 Å². The van der Waals surface area contributed by atoms with E-state index in [0.29, 0.717) is 11.8 Å². The molecular formula is C20H24N2O2S. The van der Waals surface area contributed by atoms with Crippen LogP contribution < -0.4 is 0 Å². The SMILES string of the molecule is C[C@H]1COCCN1Cc1cc2c(s1)C(c1cccc(O)c1)=CN(C)C2. The predicted octanol–water partition coefficient (Wildman–Crippen LogP) is 3.51. The van der Waals surface area contributed by atoms with Gasteiger partial charge in [0.15, 0.2) is 0 Å². The first-order valence-corrected chi connectivity index (χ1v) is 9.57. The van der Waals surface area contributed by atoms with Gasteiger partial charge >= 0.3 is 0 Å². The molecule has 2 aliphatic heterocycles. The predicted molar refractivity (Wildman–Crippen MR) is 102 cm³/mol. The van der Waals surface area contributed by atoms with Gasteiger partial charge in [0.2, 0.25) is 0 Å². The summed E-state index contributed by atoms with van der Waals surface area (Å²) >= 11 is 1.88. The van der Waals surface area contributed by atoms with E-state index in [9.17, 15) is 5.11 Å². The van der Waals surface area contributed by atoms with Gasteiger partial charge in [-0.2, -0.15) is 0 Å². The molecule has 4 rings (SSSR count). The highest BCUT2D eigenvalue weighted by Crippen LogP contribution is 2.38. The molecule has 0 unspecified atom stereocenters. The van der Waals surface area contributed by atoms with Gasteiger partial charge in [0.25, 0.3) is 0 Å². The second-order valence-corrected chi connectivity index (χ2v) is 8.11. The van der Waals surface area contributed by atoms with Crippen molar-refractivity contribution in [2.45, 2.75) is 26.1 Å². The van der Waals surface area contributed by atoms with E-state index in [1.54, 1.807) is 6.07 Å². The lowest BCUT2D eigenvalue weighted by atomic mass is 9.99. The highest BCUT2D eigenvalue weighted by atomic mass is 32.1. The zero-order chi connectivity index (χ0) is 17.4. The van der Waals surface area contributed by atoms with Crippen molar-refractivity contribution >= 4 is 16.9 Å². The minimum atomic E-state index is 0.312. The highest BCUT2D eigenvalue weighted by Gasteiger charge is 2.23. The molecule has 3 heterocycles. The molecule has 4 nitrogen and oxygen atoms in total. The van der Waals surface area contributed by atoms with Crippen LogP contribution in [0.15, 0.2) is 36.5 Å². The minimum Gasteiger partial charge on any atom is -0.508 e. The number of morpholine rings is 1. The Morgan fingerprint density at radius 2 is 2.20 bits per heavy atom. The van der Waals surface area contributed by atoms with Gasteiger partial charge in [0, 0.05) is 54.3 Å². The van der Waals surface area contributed by atoms with Crippen LogP contribution in [0.1, 0.15) is 27.8 Å². The Kier molecular flexibility index (Phi) is 4.54. The molecule has 5 heteroatoms. The Bertz CT molecular complexity index is 799. The fourth-order valence-electron chi connectivity index (χ4n) is 3.58. The van der Waals surface area contributed by atoms with E-state index in [0.717, 1.165) is 38.4 Å². The monoisotopic (exact) mass is 356 g/mol. The lowest BCUT2D eigenvalue weighted by Crippen LogP contribution is -2.42. The van der Waals surface area contributed by atoms with Crippen molar-refractivity contribution in [1.82, 2.24) is 9.80 Å². The average Bonchev–Trinajstić information content (AvgIpc) is 2.98. The maximum atomic E-state index is 9.85. The van der Waals surface area contributed by atoms with Crippen LogP contribution in [-0.4, -0.2) is 47.8 Å². The number of phenols is 1. The standard InChI is InChI=1S/C20H24N2O2S/c1-14-13-24-7-6-22(14)11-18-9-16-10-21(2)12-19(20(16)25-18)15-4-3-5-17(23)8-15/h3-5,8-9,12,14,23H,6-7,10-11,13H2,1-2H3/t14-/m0/s1. The smallest absolute Gasteiger partial charge is 0.116 e. The molecule has 132 valence electrons. The normalized spacial score (nSPS) is 21.1. The van der Waals surface area contributed by atoms with Gasteiger partial charge in [-0.25, -0.2) is 0 Å². The molecule has 1 saturated heterocycles. The van der Waals surface area contributed by atoms with Gasteiger partial charge in [-0.3, -0.25) is 4.90 Å². The van der Waals surface area contributed by atoms with Crippen molar-refractivity contribution in [3.05, 3.63) is 57.4 Å². The average molecular weight is 356 g/mol. The maximum Gasteiger partial charge on any atom is 0.116 e. The molecule has 1 atom stereocenters. The highest BCUT2D eigenvalue weighted by molar-refractivity contribution is 7.13. The van der Waals surface area contributed by atoms with E-state index in [2.05, 4.69) is 42.1 Å². The third-order valence-corrected chi connectivity index (χ3v) is 6.09. The van der Waals surface area contributed by atoms with Crippen LogP contribution in [0.3, 0.4) is 0 Å². The van der Waals surface area contributed by atoms with Crippen molar-refractivity contribution < 1.29 is 9.84 Å². The van der Waals surface area contributed by atoms with Crippen LogP contribution in [0.4, 0.5) is 0 Å². The van der Waals surface area contributed by atoms with E-state index in [1.807, 2.05) is 23.5 Å². The van der Waals surface area contributed by atoms with Crippen molar-refractivity contribution in [2.75, 3.05) is 26.8 Å². The summed E-state index contributed by atoms with van der Waals surface area (Å²) in [5, 5.41) is 9.85. The fourth-order valence-corrected chi connectivity index (χ4v) is 4.81. The molecule has 0 aliphatic carbocycles. The second kappa shape index (κ2) is 6.83. The summed E-state index contributed by atoms with van der Waals surface area (Å²) in [6, 6.07) is 10.4. The van der Waals surface area contributed by atoms with E-state index >= 15 is 0 Å². The number of ether oxygens (including phenoxy) is 1. The van der Waals surface area contributed by atoms with Gasteiger partial charge in [-0.15, -0.1) is 11.3 Å². The number of phenolic OH excluding ortho intramolecular Hbond substituents is 1. The largest absolute Gasteiger partial charge is 0.508 e. The molecule has 1 aromatic carbocycles. The molecule has 2 aromatic rings. The quantitative estimate of drug-likeness (QED) is 0.913. The molecule has 0 bridgehead atoms. The van der Waals surface area contributed by atoms with Crippen molar-refractivity contribution in [3.8, 4) is 5.75 Å². The van der Waals surface area contributed by atoms with E-state index in [-0.39, 0.29) is 0 Å². The Labute approximate surface area is 153 Å². The lowest BCUT2D eigenvalue weighted by molar-refractivity contribution is -0.00391. The number of thiophene rings is 1. The number of rotatable bonds is 3. The Balaban J connectivity index is 1.64. The number of hydrogen-bond donors (Lipinski definition) is 1. The van der Waals surface area contributed by atoms with Crippen LogP contribution in [0.25, 0.3) is 5.57 Å². The van der Waals surface area contributed by atoms with Crippen LogP contribution in [0.2, 0.25) is 0 Å². The summed E-state index contributed by atoms with van der Waals surface area (Å²) in [5.74, 6) is 0.312. The minimum absolute atomic E-state index is 0.312. The van der Waals surface area contributed by atoms with E-state index in [4.69, 9.17) is 4.74 Å². The third kappa shape index (κ3) is 3.45. The third-order valence-electron chi connectivity index (χ3n) is 4.90. The number of hydrogen-bond acceptors (Lipinski definition) is 5. The molecule has 1 N–H and O–H groups in total. The molecule has 2 aliphatic rings. The summed E-state index contributed by atoms with van der Waals surface area (Å²) < 4.78 is 5.55. The van der Waals surface area contributed by atoms with Gasteiger partial charge in [-0.1, -0.05) is 12.1 Å². The zero-order valence-corrected chi connectivity index (χ0v) is 15.6. The van der Waals surface area contributed by atoms with E-state index in [1.165, 1.54) is 20.9 Å². The van der Waals surface area contributed by atoms with Crippen molar-refractivity contribution in [1.29, 1.82) is 0 Å². The first-order chi connectivity index (χ1) is 12.1. The molecule has 0 spiro atoms. The van der Waals surface area contributed by atoms with Crippen LogP contribution in [0.5, 0.6) is 5.75 Å². The molecule has 1 fully saturated rings. The number of fused-ring (bicyclic) bond motifs is 1. The summed E-state index contributed by atoms with van der Waals surface area (Å²) in [5.41, 5.74) is 3.65. The Morgan fingerprint density at radius 3 is 3.00 bits per heavy atom. The molecule has 1 aromatic heterocycles. The molecule has 0 radical (unpaired) electrons. The second-order valence-electron chi connectivity index (χ2n) is 6.97. The molecule has 0 amide bonds. The number of benzene rings is 1. The topological polar surface area (TPSA) is 35.9 Å². The van der Waals surface area contributed by atoms with Crippen molar-refractivity contribution in [2.24, 2.45) is 0 Å². The zero-order valence-electron chi connectivity index (χ0n) is 14.7. The molecular weight excluding hydrogens is 332 g/mol. The molecule has 0 saturated carbocycles. The lowest BCUT2D eigenvalue weighted by Gasteiger charge is -2.32. The Hall–Kier alpha value is -1.82. The first kappa shape index (κ1) is 16.6. The van der Waals surface area contributed by atoms with Crippen LogP contribution in [-0.2, 0) is 17.8 Å². The number of aromatic hydroxyl groups is 1. The number of nitrogens with zero attached hydrogens (tertiary/aromatic N) is 2. The molecule has 25 heavy (non-hydrogen) atoms. The Morgan fingerprint density at radius 1 is 1.32 bits per heavy atom. The van der Waals surface area contributed by atoms with Gasteiger partial charge in [0.1, 0.15) is 5.75 Å².